The quantitative estimate of drug-likeness (QED) is 0.844. The fraction of sp³-hybridized carbons (Fsp3) is 0.500. The Morgan fingerprint density at radius 2 is 1.95 bits per heavy atom. The molecule has 0 radical (unpaired) electrons. The molecular weight excluding hydrogens is 280 g/mol. The molecule has 0 unspecified atom stereocenters. The number of rotatable bonds is 6. The third kappa shape index (κ3) is 3.53. The molecule has 0 amide bonds. The second-order valence-electron chi connectivity index (χ2n) is 6.10. The summed E-state index contributed by atoms with van der Waals surface area (Å²) < 4.78 is 0. The number of nitrogens with one attached hydrogen (secondary N) is 2. The Morgan fingerprint density at radius 1 is 1.24 bits per heavy atom. The maximum atomic E-state index is 4.43. The summed E-state index contributed by atoms with van der Waals surface area (Å²) in [6, 6.07) is 4.29. The fourth-order valence-corrected chi connectivity index (χ4v) is 3.19. The first-order chi connectivity index (χ1) is 9.95. The van der Waals surface area contributed by atoms with Gasteiger partial charge < -0.3 is 10.6 Å². The van der Waals surface area contributed by atoms with E-state index in [1.165, 1.54) is 4.88 Å². The van der Waals surface area contributed by atoms with Crippen LogP contribution in [0.3, 0.4) is 0 Å². The standard InChI is InChI=1S/C16H24N4S/c1-11(2)13-14(17-5)19-10-20-15(13)18-9-16(3,4)12-7-6-8-21-12/h6-8,10-11H,9H2,1-5H3,(H2,17,18,19,20). The number of aromatic nitrogens is 2. The van der Waals surface area contributed by atoms with Crippen LogP contribution in [0.2, 0.25) is 0 Å². The van der Waals surface area contributed by atoms with Crippen LogP contribution >= 0.6 is 11.3 Å². The normalized spacial score (nSPS) is 11.7. The number of nitrogens with zero attached hydrogens (tertiary/aromatic N) is 2. The smallest absolute Gasteiger partial charge is 0.135 e. The molecular formula is C16H24N4S. The maximum absolute atomic E-state index is 4.43. The summed E-state index contributed by atoms with van der Waals surface area (Å²) in [7, 11) is 1.90. The Bertz CT molecular complexity index is 576. The van der Waals surface area contributed by atoms with Gasteiger partial charge in [0.15, 0.2) is 0 Å². The van der Waals surface area contributed by atoms with Gasteiger partial charge in [-0.3, -0.25) is 0 Å². The van der Waals surface area contributed by atoms with Gasteiger partial charge in [-0.1, -0.05) is 33.8 Å². The van der Waals surface area contributed by atoms with Crippen LogP contribution in [-0.4, -0.2) is 23.6 Å². The lowest BCUT2D eigenvalue weighted by Crippen LogP contribution is -2.27. The Kier molecular flexibility index (Phi) is 4.83. The summed E-state index contributed by atoms with van der Waals surface area (Å²) in [4.78, 5) is 10.1. The molecule has 0 aliphatic heterocycles. The maximum Gasteiger partial charge on any atom is 0.135 e. The molecule has 114 valence electrons. The third-order valence-electron chi connectivity index (χ3n) is 3.58. The molecule has 2 N–H and O–H groups in total. The number of hydrogen-bond donors (Lipinski definition) is 2. The zero-order chi connectivity index (χ0) is 15.5. The minimum absolute atomic E-state index is 0.0766. The van der Waals surface area contributed by atoms with Gasteiger partial charge in [-0.25, -0.2) is 9.97 Å². The molecule has 2 aromatic heterocycles. The van der Waals surface area contributed by atoms with E-state index in [9.17, 15) is 0 Å². The SMILES string of the molecule is CNc1ncnc(NCC(C)(C)c2cccs2)c1C(C)C. The van der Waals surface area contributed by atoms with Gasteiger partial charge in [0.2, 0.25) is 0 Å². The summed E-state index contributed by atoms with van der Waals surface area (Å²) in [5.74, 6) is 2.19. The monoisotopic (exact) mass is 304 g/mol. The first-order valence-corrected chi connectivity index (χ1v) is 8.14. The van der Waals surface area contributed by atoms with E-state index in [2.05, 4.69) is 65.8 Å². The predicted octanol–water partition coefficient (Wildman–Crippen LogP) is 4.09. The van der Waals surface area contributed by atoms with Crippen molar-refractivity contribution in [2.75, 3.05) is 24.2 Å². The van der Waals surface area contributed by atoms with Crippen LogP contribution < -0.4 is 10.6 Å². The molecule has 0 spiro atoms. The average Bonchev–Trinajstić information content (AvgIpc) is 2.99. The number of thiophene rings is 1. The van der Waals surface area contributed by atoms with E-state index in [0.717, 1.165) is 23.7 Å². The van der Waals surface area contributed by atoms with Crippen LogP contribution in [-0.2, 0) is 5.41 Å². The lowest BCUT2D eigenvalue weighted by Gasteiger charge is -2.25. The zero-order valence-corrected chi connectivity index (χ0v) is 14.2. The second-order valence-corrected chi connectivity index (χ2v) is 7.05. The highest BCUT2D eigenvalue weighted by Gasteiger charge is 2.23. The first-order valence-electron chi connectivity index (χ1n) is 7.26. The van der Waals surface area contributed by atoms with E-state index in [1.807, 2.05) is 7.05 Å². The Morgan fingerprint density at radius 3 is 2.52 bits per heavy atom. The van der Waals surface area contributed by atoms with Crippen LogP contribution in [0.1, 0.15) is 44.1 Å². The molecule has 2 rings (SSSR count). The van der Waals surface area contributed by atoms with Crippen molar-refractivity contribution < 1.29 is 0 Å². The van der Waals surface area contributed by atoms with E-state index in [-0.39, 0.29) is 5.41 Å². The lowest BCUT2D eigenvalue weighted by atomic mass is 9.91. The van der Waals surface area contributed by atoms with Crippen LogP contribution in [0.15, 0.2) is 23.8 Å². The second kappa shape index (κ2) is 6.43. The van der Waals surface area contributed by atoms with Crippen molar-refractivity contribution in [3.8, 4) is 0 Å². The largest absolute Gasteiger partial charge is 0.373 e. The lowest BCUT2D eigenvalue weighted by molar-refractivity contribution is 0.567. The van der Waals surface area contributed by atoms with Crippen molar-refractivity contribution in [3.63, 3.8) is 0 Å². The summed E-state index contributed by atoms with van der Waals surface area (Å²) in [5.41, 5.74) is 1.22. The van der Waals surface area contributed by atoms with Crippen LogP contribution in [0, 0.1) is 0 Å². The molecule has 4 nitrogen and oxygen atoms in total. The molecule has 2 aromatic rings. The van der Waals surface area contributed by atoms with Gasteiger partial charge in [0.05, 0.1) is 0 Å². The number of anilines is 2. The molecule has 21 heavy (non-hydrogen) atoms. The summed E-state index contributed by atoms with van der Waals surface area (Å²) in [6.07, 6.45) is 1.61. The highest BCUT2D eigenvalue weighted by Crippen LogP contribution is 2.31. The van der Waals surface area contributed by atoms with E-state index in [0.29, 0.717) is 5.92 Å². The van der Waals surface area contributed by atoms with Gasteiger partial charge in [-0.2, -0.15) is 0 Å². The molecule has 0 aliphatic rings. The highest BCUT2D eigenvalue weighted by atomic mass is 32.1. The molecule has 0 aromatic carbocycles. The van der Waals surface area contributed by atoms with Gasteiger partial charge in [0, 0.05) is 29.4 Å². The van der Waals surface area contributed by atoms with E-state index in [4.69, 9.17) is 0 Å². The Labute approximate surface area is 131 Å². The van der Waals surface area contributed by atoms with Gasteiger partial charge in [-0.05, 0) is 17.4 Å². The highest BCUT2D eigenvalue weighted by molar-refractivity contribution is 7.10. The number of hydrogen-bond acceptors (Lipinski definition) is 5. The molecule has 0 atom stereocenters. The van der Waals surface area contributed by atoms with Crippen molar-refractivity contribution in [3.05, 3.63) is 34.3 Å². The molecule has 2 heterocycles. The van der Waals surface area contributed by atoms with Crippen molar-refractivity contribution in [2.24, 2.45) is 0 Å². The molecule has 5 heteroatoms. The summed E-state index contributed by atoms with van der Waals surface area (Å²) in [6.45, 7) is 9.67. The first kappa shape index (κ1) is 15.8. The minimum atomic E-state index is 0.0766. The van der Waals surface area contributed by atoms with Crippen LogP contribution in [0.4, 0.5) is 11.6 Å². The summed E-state index contributed by atoms with van der Waals surface area (Å²) in [5, 5.41) is 8.79. The van der Waals surface area contributed by atoms with Gasteiger partial charge in [-0.15, -0.1) is 11.3 Å². The van der Waals surface area contributed by atoms with Crippen molar-refractivity contribution in [2.45, 2.75) is 39.0 Å². The molecule has 0 saturated heterocycles. The van der Waals surface area contributed by atoms with E-state index >= 15 is 0 Å². The van der Waals surface area contributed by atoms with E-state index in [1.54, 1.807) is 17.7 Å². The van der Waals surface area contributed by atoms with Crippen molar-refractivity contribution in [1.82, 2.24) is 9.97 Å². The molecule has 0 fully saturated rings. The van der Waals surface area contributed by atoms with E-state index < -0.39 is 0 Å². The van der Waals surface area contributed by atoms with Crippen molar-refractivity contribution >= 4 is 23.0 Å². The average molecular weight is 304 g/mol. The Hall–Kier alpha value is -1.62. The van der Waals surface area contributed by atoms with Gasteiger partial charge >= 0.3 is 0 Å². The topological polar surface area (TPSA) is 49.8 Å². The van der Waals surface area contributed by atoms with Crippen LogP contribution in [0.25, 0.3) is 0 Å². The van der Waals surface area contributed by atoms with Gasteiger partial charge in [0.1, 0.15) is 18.0 Å². The molecule has 0 bridgehead atoms. The minimum Gasteiger partial charge on any atom is -0.373 e. The Balaban J connectivity index is 2.20. The fourth-order valence-electron chi connectivity index (χ4n) is 2.34. The predicted molar refractivity (Wildman–Crippen MR) is 91.5 cm³/mol. The van der Waals surface area contributed by atoms with Gasteiger partial charge in [0.25, 0.3) is 0 Å². The van der Waals surface area contributed by atoms with Crippen molar-refractivity contribution in [1.29, 1.82) is 0 Å². The third-order valence-corrected chi connectivity index (χ3v) is 4.82. The molecule has 0 saturated carbocycles. The zero-order valence-electron chi connectivity index (χ0n) is 13.4. The molecule has 0 aliphatic carbocycles. The summed E-state index contributed by atoms with van der Waals surface area (Å²) >= 11 is 1.80. The van der Waals surface area contributed by atoms with Crippen LogP contribution in [0.5, 0.6) is 0 Å².